The summed E-state index contributed by atoms with van der Waals surface area (Å²) in [6.07, 6.45) is 0. The van der Waals surface area contributed by atoms with Crippen molar-refractivity contribution in [1.82, 2.24) is 0 Å². The van der Waals surface area contributed by atoms with E-state index in [4.69, 9.17) is 16.7 Å². The molecule has 2 N–H and O–H groups in total. The van der Waals surface area contributed by atoms with Crippen LogP contribution in [0.25, 0.3) is 0 Å². The Morgan fingerprint density at radius 2 is 1.75 bits per heavy atom. The van der Waals surface area contributed by atoms with Crippen LogP contribution in [0.15, 0.2) is 42.5 Å². The lowest BCUT2D eigenvalue weighted by atomic mass is 10.1. The van der Waals surface area contributed by atoms with E-state index in [-0.39, 0.29) is 16.1 Å². The van der Waals surface area contributed by atoms with Gasteiger partial charge >= 0.3 is 5.97 Å². The lowest BCUT2D eigenvalue weighted by Gasteiger charge is -2.07. The quantitative estimate of drug-likeness (QED) is 0.911. The Bertz CT molecular complexity index is 671. The molecule has 2 aromatic carbocycles. The van der Waals surface area contributed by atoms with Crippen LogP contribution in [0.4, 0.5) is 10.1 Å². The molecule has 0 aliphatic heterocycles. The van der Waals surface area contributed by atoms with Gasteiger partial charge in [-0.15, -0.1) is 0 Å². The zero-order valence-corrected chi connectivity index (χ0v) is 10.8. The maximum absolute atomic E-state index is 13.7. The summed E-state index contributed by atoms with van der Waals surface area (Å²) in [4.78, 5) is 22.6. The van der Waals surface area contributed by atoms with Crippen LogP contribution in [0.1, 0.15) is 20.7 Å². The number of carbonyl (C=O) groups excluding carboxylic acids is 1. The molecule has 0 saturated heterocycles. The van der Waals surface area contributed by atoms with Crippen molar-refractivity contribution in [1.29, 1.82) is 0 Å². The molecule has 20 heavy (non-hydrogen) atoms. The zero-order chi connectivity index (χ0) is 14.7. The van der Waals surface area contributed by atoms with Gasteiger partial charge < -0.3 is 10.4 Å². The molecule has 0 aliphatic carbocycles. The summed E-state index contributed by atoms with van der Waals surface area (Å²) in [5.41, 5.74) is 0.274. The van der Waals surface area contributed by atoms with Crippen molar-refractivity contribution in [2.75, 3.05) is 5.32 Å². The van der Waals surface area contributed by atoms with Crippen molar-refractivity contribution in [3.8, 4) is 0 Å². The van der Waals surface area contributed by atoms with Gasteiger partial charge in [0.05, 0.1) is 16.1 Å². The molecule has 0 radical (unpaired) electrons. The van der Waals surface area contributed by atoms with Crippen LogP contribution in [0.2, 0.25) is 5.02 Å². The molecular weight excluding hydrogens is 285 g/mol. The number of amides is 1. The minimum atomic E-state index is -1.07. The van der Waals surface area contributed by atoms with E-state index in [1.165, 1.54) is 42.5 Å². The Morgan fingerprint density at radius 1 is 1.10 bits per heavy atom. The van der Waals surface area contributed by atoms with Crippen molar-refractivity contribution < 1.29 is 19.1 Å². The highest BCUT2D eigenvalue weighted by molar-refractivity contribution is 6.31. The fourth-order valence-electron chi connectivity index (χ4n) is 1.57. The van der Waals surface area contributed by atoms with Crippen LogP contribution < -0.4 is 5.32 Å². The van der Waals surface area contributed by atoms with E-state index in [1.807, 2.05) is 0 Å². The highest BCUT2D eigenvalue weighted by Gasteiger charge is 2.14. The standard InChI is InChI=1S/C14H9ClFNO3/c15-11-3-1-2-10(12(11)16)13(18)17-9-6-4-8(5-7-9)14(19)20/h1-7H,(H,17,18)(H,19,20). The normalized spacial score (nSPS) is 10.1. The first-order chi connectivity index (χ1) is 9.49. The predicted octanol–water partition coefficient (Wildman–Crippen LogP) is 3.43. The SMILES string of the molecule is O=C(O)c1ccc(NC(=O)c2cccc(Cl)c2F)cc1. The maximum Gasteiger partial charge on any atom is 0.335 e. The van der Waals surface area contributed by atoms with Crippen molar-refractivity contribution in [3.63, 3.8) is 0 Å². The number of benzene rings is 2. The number of aromatic carboxylic acids is 1. The fraction of sp³-hybridized carbons (Fsp3) is 0. The third kappa shape index (κ3) is 2.95. The minimum absolute atomic E-state index is 0.0944. The molecule has 2 aromatic rings. The van der Waals surface area contributed by atoms with Crippen LogP contribution in [-0.2, 0) is 0 Å². The maximum atomic E-state index is 13.7. The largest absolute Gasteiger partial charge is 0.478 e. The monoisotopic (exact) mass is 293 g/mol. The molecule has 0 unspecified atom stereocenters. The summed E-state index contributed by atoms with van der Waals surface area (Å²) in [6, 6.07) is 9.64. The minimum Gasteiger partial charge on any atom is -0.478 e. The van der Waals surface area contributed by atoms with E-state index in [0.717, 1.165) is 0 Å². The lowest BCUT2D eigenvalue weighted by Crippen LogP contribution is -2.14. The molecule has 4 nitrogen and oxygen atoms in total. The van der Waals surface area contributed by atoms with Crippen LogP contribution in [-0.4, -0.2) is 17.0 Å². The third-order valence-electron chi connectivity index (χ3n) is 2.59. The number of halogens is 2. The Morgan fingerprint density at radius 3 is 2.35 bits per heavy atom. The molecule has 0 heterocycles. The van der Waals surface area contributed by atoms with E-state index >= 15 is 0 Å². The average molecular weight is 294 g/mol. The number of carboxylic acids is 1. The number of hydrogen-bond donors (Lipinski definition) is 2. The number of rotatable bonds is 3. The molecule has 0 fully saturated rings. The molecule has 0 atom stereocenters. The number of carbonyl (C=O) groups is 2. The van der Waals surface area contributed by atoms with E-state index in [0.29, 0.717) is 5.69 Å². The fourth-order valence-corrected chi connectivity index (χ4v) is 1.75. The summed E-state index contributed by atoms with van der Waals surface area (Å²) in [7, 11) is 0. The van der Waals surface area contributed by atoms with Crippen LogP contribution >= 0.6 is 11.6 Å². The lowest BCUT2D eigenvalue weighted by molar-refractivity contribution is 0.0696. The Kier molecular flexibility index (Phi) is 4.00. The van der Waals surface area contributed by atoms with E-state index < -0.39 is 17.7 Å². The second-order valence-corrected chi connectivity index (χ2v) is 4.35. The van der Waals surface area contributed by atoms with Gasteiger partial charge in [-0.1, -0.05) is 17.7 Å². The molecule has 0 saturated carbocycles. The second-order valence-electron chi connectivity index (χ2n) is 3.94. The topological polar surface area (TPSA) is 66.4 Å². The molecule has 0 bridgehead atoms. The van der Waals surface area contributed by atoms with E-state index in [9.17, 15) is 14.0 Å². The average Bonchev–Trinajstić information content (AvgIpc) is 2.42. The first-order valence-corrected chi connectivity index (χ1v) is 5.95. The van der Waals surface area contributed by atoms with Gasteiger partial charge in [0.2, 0.25) is 0 Å². The summed E-state index contributed by atoms with van der Waals surface area (Å²) < 4.78 is 13.7. The van der Waals surface area contributed by atoms with Crippen molar-refractivity contribution in [2.24, 2.45) is 0 Å². The summed E-state index contributed by atoms with van der Waals surface area (Å²) in [6.45, 7) is 0. The van der Waals surface area contributed by atoms with Crippen LogP contribution in [0, 0.1) is 5.82 Å². The molecule has 6 heteroatoms. The predicted molar refractivity (Wildman–Crippen MR) is 72.8 cm³/mol. The van der Waals surface area contributed by atoms with E-state index in [1.54, 1.807) is 0 Å². The van der Waals surface area contributed by atoms with E-state index in [2.05, 4.69) is 5.32 Å². The third-order valence-corrected chi connectivity index (χ3v) is 2.88. The van der Waals surface area contributed by atoms with Gasteiger partial charge in [-0.05, 0) is 36.4 Å². The number of carboxylic acid groups (broad SMARTS) is 1. The van der Waals surface area contributed by atoms with Gasteiger partial charge in [0.25, 0.3) is 5.91 Å². The molecule has 2 rings (SSSR count). The van der Waals surface area contributed by atoms with Crippen molar-refractivity contribution >= 4 is 29.2 Å². The van der Waals surface area contributed by atoms with Gasteiger partial charge in [0.15, 0.2) is 5.82 Å². The molecule has 102 valence electrons. The number of nitrogens with one attached hydrogen (secondary N) is 1. The molecular formula is C14H9ClFNO3. The van der Waals surface area contributed by atoms with Gasteiger partial charge in [-0.3, -0.25) is 4.79 Å². The molecule has 0 aliphatic rings. The second kappa shape index (κ2) is 5.71. The Balaban J connectivity index is 2.19. The molecule has 0 aromatic heterocycles. The van der Waals surface area contributed by atoms with Gasteiger partial charge in [0.1, 0.15) is 0 Å². The van der Waals surface area contributed by atoms with Crippen LogP contribution in [0.5, 0.6) is 0 Å². The van der Waals surface area contributed by atoms with Crippen molar-refractivity contribution in [3.05, 3.63) is 64.4 Å². The highest BCUT2D eigenvalue weighted by atomic mass is 35.5. The number of hydrogen-bond acceptors (Lipinski definition) is 2. The summed E-state index contributed by atoms with van der Waals surface area (Å²) in [5.74, 6) is -2.52. The first kappa shape index (κ1) is 14.0. The van der Waals surface area contributed by atoms with Gasteiger partial charge in [-0.25, -0.2) is 9.18 Å². The van der Waals surface area contributed by atoms with Gasteiger partial charge in [-0.2, -0.15) is 0 Å². The van der Waals surface area contributed by atoms with Crippen LogP contribution in [0.3, 0.4) is 0 Å². The Hall–Kier alpha value is -2.40. The first-order valence-electron chi connectivity index (χ1n) is 5.58. The zero-order valence-electron chi connectivity index (χ0n) is 10.1. The van der Waals surface area contributed by atoms with Gasteiger partial charge in [0, 0.05) is 5.69 Å². The summed E-state index contributed by atoms with van der Waals surface area (Å²) >= 11 is 5.60. The molecule has 0 spiro atoms. The smallest absolute Gasteiger partial charge is 0.335 e. The molecule has 1 amide bonds. The summed E-state index contributed by atoms with van der Waals surface area (Å²) in [5, 5.41) is 11.1. The Labute approximate surface area is 118 Å². The number of anilines is 1. The van der Waals surface area contributed by atoms with Crippen molar-refractivity contribution in [2.45, 2.75) is 0 Å². The highest BCUT2D eigenvalue weighted by Crippen LogP contribution is 2.19.